The fraction of sp³-hybridized carbons (Fsp3) is 0.562. The lowest BCUT2D eigenvalue weighted by Gasteiger charge is -2.25. The molecule has 0 heterocycles. The molecular weight excluding hydrogens is 220 g/mol. The van der Waals surface area contributed by atoms with Gasteiger partial charge >= 0.3 is 0 Å². The minimum atomic E-state index is 0.179. The van der Waals surface area contributed by atoms with Gasteiger partial charge in [0, 0.05) is 12.1 Å². The molecule has 2 nitrogen and oxygen atoms in total. The zero-order valence-electron chi connectivity index (χ0n) is 11.1. The van der Waals surface area contributed by atoms with Crippen molar-refractivity contribution in [3.63, 3.8) is 0 Å². The Hall–Kier alpha value is -1.33. The van der Waals surface area contributed by atoms with Gasteiger partial charge in [-0.2, -0.15) is 5.26 Å². The van der Waals surface area contributed by atoms with Gasteiger partial charge in [0.2, 0.25) is 0 Å². The molecule has 0 radical (unpaired) electrons. The van der Waals surface area contributed by atoms with Crippen molar-refractivity contribution in [1.29, 1.82) is 5.26 Å². The molecule has 3 atom stereocenters. The molecule has 1 aliphatic rings. The van der Waals surface area contributed by atoms with Gasteiger partial charge in [0.25, 0.3) is 0 Å². The summed E-state index contributed by atoms with van der Waals surface area (Å²) in [5.74, 6) is 0.179. The highest BCUT2D eigenvalue weighted by atomic mass is 15.0. The highest BCUT2D eigenvalue weighted by Gasteiger charge is 2.24. The first-order chi connectivity index (χ1) is 8.81. The van der Waals surface area contributed by atoms with E-state index < -0.39 is 0 Å². The molecule has 0 amide bonds. The van der Waals surface area contributed by atoms with Crippen molar-refractivity contribution >= 4 is 0 Å². The standard InChI is InChI=1S/C16H22N2/c1-13(14-8-4-2-5-9-14)18-16-11-7-3-6-10-15(16)12-17/h2,4-5,8-9,13,15-16,18H,3,6-7,10-11H2,1H3. The van der Waals surface area contributed by atoms with E-state index >= 15 is 0 Å². The summed E-state index contributed by atoms with van der Waals surface area (Å²) in [5.41, 5.74) is 1.30. The number of rotatable bonds is 3. The maximum absolute atomic E-state index is 9.28. The SMILES string of the molecule is CC(NC1CCCCCC1C#N)c1ccccc1. The van der Waals surface area contributed by atoms with Crippen LogP contribution in [0.25, 0.3) is 0 Å². The van der Waals surface area contributed by atoms with E-state index in [9.17, 15) is 5.26 Å². The van der Waals surface area contributed by atoms with Gasteiger partial charge in [-0.1, -0.05) is 49.6 Å². The monoisotopic (exact) mass is 242 g/mol. The Labute approximate surface area is 110 Å². The first kappa shape index (κ1) is 13.1. The molecule has 1 aromatic carbocycles. The maximum Gasteiger partial charge on any atom is 0.0672 e. The molecular formula is C16H22N2. The van der Waals surface area contributed by atoms with E-state index in [1.807, 2.05) is 6.07 Å². The maximum atomic E-state index is 9.28. The molecule has 1 aliphatic carbocycles. The van der Waals surface area contributed by atoms with Crippen LogP contribution in [-0.2, 0) is 0 Å². The van der Waals surface area contributed by atoms with Gasteiger partial charge in [-0.05, 0) is 25.3 Å². The molecule has 0 saturated heterocycles. The first-order valence-electron chi connectivity index (χ1n) is 7.02. The highest BCUT2D eigenvalue weighted by molar-refractivity contribution is 5.18. The minimum absolute atomic E-state index is 0.179. The second kappa shape index (κ2) is 6.56. The topological polar surface area (TPSA) is 35.8 Å². The van der Waals surface area contributed by atoms with Gasteiger partial charge in [-0.3, -0.25) is 0 Å². The summed E-state index contributed by atoms with van der Waals surface area (Å²) in [7, 11) is 0. The van der Waals surface area contributed by atoms with Crippen molar-refractivity contribution in [1.82, 2.24) is 5.32 Å². The summed E-state index contributed by atoms with van der Waals surface area (Å²) < 4.78 is 0. The highest BCUT2D eigenvalue weighted by Crippen LogP contribution is 2.25. The van der Waals surface area contributed by atoms with Crippen molar-refractivity contribution in [3.05, 3.63) is 35.9 Å². The van der Waals surface area contributed by atoms with Crippen molar-refractivity contribution in [2.75, 3.05) is 0 Å². The van der Waals surface area contributed by atoms with Crippen LogP contribution in [0.15, 0.2) is 30.3 Å². The van der Waals surface area contributed by atoms with Crippen molar-refractivity contribution < 1.29 is 0 Å². The van der Waals surface area contributed by atoms with Gasteiger partial charge in [-0.25, -0.2) is 0 Å². The molecule has 18 heavy (non-hydrogen) atoms. The normalized spacial score (nSPS) is 26.0. The zero-order valence-corrected chi connectivity index (χ0v) is 11.1. The number of hydrogen-bond donors (Lipinski definition) is 1. The quantitative estimate of drug-likeness (QED) is 0.818. The molecule has 0 aromatic heterocycles. The van der Waals surface area contributed by atoms with Crippen LogP contribution in [0.5, 0.6) is 0 Å². The summed E-state index contributed by atoms with van der Waals surface area (Å²) in [6, 6.07) is 13.6. The third-order valence-corrected chi connectivity index (χ3v) is 3.95. The summed E-state index contributed by atoms with van der Waals surface area (Å²) in [6.07, 6.45) is 5.91. The van der Waals surface area contributed by atoms with E-state index in [0.29, 0.717) is 12.1 Å². The van der Waals surface area contributed by atoms with Gasteiger partial charge in [-0.15, -0.1) is 0 Å². The van der Waals surface area contributed by atoms with E-state index in [-0.39, 0.29) is 5.92 Å². The predicted molar refractivity (Wildman–Crippen MR) is 74.0 cm³/mol. The van der Waals surface area contributed by atoms with Crippen molar-refractivity contribution in [2.45, 2.75) is 51.1 Å². The lowest BCUT2D eigenvalue weighted by atomic mass is 9.95. The molecule has 1 fully saturated rings. The van der Waals surface area contributed by atoms with Gasteiger partial charge in [0.1, 0.15) is 0 Å². The molecule has 1 aromatic rings. The third-order valence-electron chi connectivity index (χ3n) is 3.95. The van der Waals surface area contributed by atoms with Crippen LogP contribution < -0.4 is 5.32 Å². The Bertz CT molecular complexity index is 393. The second-order valence-electron chi connectivity index (χ2n) is 5.28. The lowest BCUT2D eigenvalue weighted by molar-refractivity contribution is 0.361. The third kappa shape index (κ3) is 3.34. The smallest absolute Gasteiger partial charge is 0.0672 e. The van der Waals surface area contributed by atoms with Gasteiger partial charge in [0.05, 0.1) is 12.0 Å². The fourth-order valence-electron chi connectivity index (χ4n) is 2.82. The number of nitrogens with zero attached hydrogens (tertiary/aromatic N) is 1. The Morgan fingerprint density at radius 2 is 1.89 bits per heavy atom. The number of nitrogens with one attached hydrogen (secondary N) is 1. The lowest BCUT2D eigenvalue weighted by Crippen LogP contribution is -2.36. The molecule has 3 unspecified atom stereocenters. The second-order valence-corrected chi connectivity index (χ2v) is 5.28. The largest absolute Gasteiger partial charge is 0.306 e. The Kier molecular flexibility index (Phi) is 4.78. The van der Waals surface area contributed by atoms with Crippen LogP contribution in [0.3, 0.4) is 0 Å². The zero-order chi connectivity index (χ0) is 12.8. The van der Waals surface area contributed by atoms with Crippen LogP contribution in [-0.4, -0.2) is 6.04 Å². The summed E-state index contributed by atoms with van der Waals surface area (Å²) in [6.45, 7) is 2.19. The van der Waals surface area contributed by atoms with E-state index in [0.717, 1.165) is 12.8 Å². The molecule has 96 valence electrons. The van der Waals surface area contributed by atoms with Crippen LogP contribution >= 0.6 is 0 Å². The van der Waals surface area contributed by atoms with Crippen LogP contribution in [0.4, 0.5) is 0 Å². The van der Waals surface area contributed by atoms with Gasteiger partial charge < -0.3 is 5.32 Å². The van der Waals surface area contributed by atoms with E-state index in [1.165, 1.54) is 24.8 Å². The van der Waals surface area contributed by atoms with Crippen molar-refractivity contribution in [2.24, 2.45) is 5.92 Å². The Balaban J connectivity index is 2.00. The Morgan fingerprint density at radius 1 is 1.17 bits per heavy atom. The summed E-state index contributed by atoms with van der Waals surface area (Å²) >= 11 is 0. The number of benzene rings is 1. The van der Waals surface area contributed by atoms with E-state index in [4.69, 9.17) is 0 Å². The molecule has 2 rings (SSSR count). The fourth-order valence-corrected chi connectivity index (χ4v) is 2.82. The summed E-state index contributed by atoms with van der Waals surface area (Å²) in [5, 5.41) is 12.9. The first-order valence-corrected chi connectivity index (χ1v) is 7.02. The molecule has 0 aliphatic heterocycles. The molecule has 0 bridgehead atoms. The van der Waals surface area contributed by atoms with Crippen molar-refractivity contribution in [3.8, 4) is 6.07 Å². The predicted octanol–water partition coefficient (Wildman–Crippen LogP) is 3.81. The van der Waals surface area contributed by atoms with Crippen LogP contribution in [0.2, 0.25) is 0 Å². The minimum Gasteiger partial charge on any atom is -0.306 e. The Morgan fingerprint density at radius 3 is 2.61 bits per heavy atom. The average molecular weight is 242 g/mol. The van der Waals surface area contributed by atoms with Crippen LogP contribution in [0.1, 0.15) is 50.6 Å². The molecule has 0 spiro atoms. The van der Waals surface area contributed by atoms with Gasteiger partial charge in [0.15, 0.2) is 0 Å². The van der Waals surface area contributed by atoms with Crippen LogP contribution in [0, 0.1) is 17.2 Å². The molecule has 1 N–H and O–H groups in total. The molecule has 1 saturated carbocycles. The summed E-state index contributed by atoms with van der Waals surface area (Å²) in [4.78, 5) is 0. The van der Waals surface area contributed by atoms with E-state index in [2.05, 4.69) is 42.6 Å². The average Bonchev–Trinajstić information content (AvgIpc) is 2.64. The molecule has 2 heteroatoms. The number of hydrogen-bond acceptors (Lipinski definition) is 2. The van der Waals surface area contributed by atoms with E-state index in [1.54, 1.807) is 0 Å². The number of nitriles is 1.